The molecule has 3 heterocycles. The molecular formula is C21H19F3N4O3. The third-order valence-electron chi connectivity index (χ3n) is 5.33. The number of ether oxygens (including phenoxy) is 3. The molecule has 0 fully saturated rings. The fraction of sp³-hybridized carbons (Fsp3) is 0.381. The Balaban J connectivity index is 1.44. The van der Waals surface area contributed by atoms with Gasteiger partial charge >= 0.3 is 6.18 Å². The molecule has 0 unspecified atom stereocenters. The largest absolute Gasteiger partial charge is 0.495 e. The summed E-state index contributed by atoms with van der Waals surface area (Å²) in [4.78, 5) is 8.33. The van der Waals surface area contributed by atoms with Crippen molar-refractivity contribution in [2.24, 2.45) is 0 Å². The van der Waals surface area contributed by atoms with Crippen LogP contribution in [0.2, 0.25) is 0 Å². The molecule has 0 N–H and O–H groups in total. The van der Waals surface area contributed by atoms with E-state index in [1.54, 1.807) is 12.1 Å². The van der Waals surface area contributed by atoms with Crippen LogP contribution in [0.4, 0.5) is 13.2 Å². The lowest BCUT2D eigenvalue weighted by atomic mass is 9.88. The van der Waals surface area contributed by atoms with Crippen molar-refractivity contribution in [3.05, 3.63) is 41.7 Å². The molecule has 1 aliphatic rings. The van der Waals surface area contributed by atoms with Crippen LogP contribution >= 0.6 is 0 Å². The average molecular weight is 432 g/mol. The Hall–Kier alpha value is -3.48. The molecule has 0 aliphatic carbocycles. The number of nitrogens with zero attached hydrogens (tertiary/aromatic N) is 4. The SMILES string of the molecule is COc1cc2c(cc1C#N)nc1n2C[C@@H](COc2ccc(C(C)(C)C(F)(F)F)nc2)O1. The number of alkyl halides is 3. The molecule has 3 aromatic rings. The highest BCUT2D eigenvalue weighted by molar-refractivity contribution is 5.81. The highest BCUT2D eigenvalue weighted by Gasteiger charge is 2.49. The highest BCUT2D eigenvalue weighted by atomic mass is 19.4. The lowest BCUT2D eigenvalue weighted by Crippen LogP contribution is -2.37. The number of methoxy groups -OCH3 is 1. The second-order valence-corrected chi connectivity index (χ2v) is 7.71. The zero-order valence-corrected chi connectivity index (χ0v) is 17.0. The summed E-state index contributed by atoms with van der Waals surface area (Å²) < 4.78 is 58.1. The molecule has 0 saturated carbocycles. The third-order valence-corrected chi connectivity index (χ3v) is 5.33. The van der Waals surface area contributed by atoms with E-state index in [4.69, 9.17) is 14.2 Å². The highest BCUT2D eigenvalue weighted by Crippen LogP contribution is 2.39. The molecule has 4 rings (SSSR count). The number of hydrogen-bond acceptors (Lipinski definition) is 6. The Morgan fingerprint density at radius 2 is 2.06 bits per heavy atom. The van der Waals surface area contributed by atoms with Gasteiger partial charge in [-0.2, -0.15) is 23.4 Å². The molecule has 162 valence electrons. The van der Waals surface area contributed by atoms with Gasteiger partial charge < -0.3 is 14.2 Å². The van der Waals surface area contributed by atoms with Gasteiger partial charge in [0.2, 0.25) is 0 Å². The van der Waals surface area contributed by atoms with Crippen LogP contribution in [0.15, 0.2) is 30.5 Å². The molecule has 0 bridgehead atoms. The third kappa shape index (κ3) is 3.60. The molecule has 10 heteroatoms. The monoisotopic (exact) mass is 432 g/mol. The van der Waals surface area contributed by atoms with E-state index in [0.29, 0.717) is 35.1 Å². The maximum atomic E-state index is 13.2. The number of rotatable bonds is 5. The lowest BCUT2D eigenvalue weighted by molar-refractivity contribution is -0.181. The van der Waals surface area contributed by atoms with E-state index in [-0.39, 0.29) is 18.4 Å². The molecule has 1 aliphatic heterocycles. The topological polar surface area (TPSA) is 82.2 Å². The first kappa shape index (κ1) is 20.8. The van der Waals surface area contributed by atoms with Gasteiger partial charge in [0.05, 0.1) is 42.1 Å². The molecule has 0 spiro atoms. The quantitative estimate of drug-likeness (QED) is 0.606. The first-order valence-electron chi connectivity index (χ1n) is 9.45. The van der Waals surface area contributed by atoms with Crippen molar-refractivity contribution in [3.8, 4) is 23.6 Å². The first-order valence-corrected chi connectivity index (χ1v) is 9.45. The minimum absolute atomic E-state index is 0.0817. The van der Waals surface area contributed by atoms with E-state index in [0.717, 1.165) is 19.4 Å². The number of benzene rings is 1. The maximum Gasteiger partial charge on any atom is 0.399 e. The van der Waals surface area contributed by atoms with Gasteiger partial charge in [-0.05, 0) is 32.0 Å². The Morgan fingerprint density at radius 1 is 1.29 bits per heavy atom. The van der Waals surface area contributed by atoms with Crippen LogP contribution in [-0.4, -0.2) is 40.5 Å². The van der Waals surface area contributed by atoms with Gasteiger partial charge in [0.15, 0.2) is 6.10 Å². The number of nitriles is 1. The van der Waals surface area contributed by atoms with E-state index < -0.39 is 11.6 Å². The summed E-state index contributed by atoms with van der Waals surface area (Å²) >= 11 is 0. The minimum Gasteiger partial charge on any atom is -0.495 e. The van der Waals surface area contributed by atoms with Gasteiger partial charge in [0.1, 0.15) is 29.6 Å². The van der Waals surface area contributed by atoms with Crippen LogP contribution in [0.1, 0.15) is 25.1 Å². The van der Waals surface area contributed by atoms with Crippen molar-refractivity contribution in [2.45, 2.75) is 38.1 Å². The van der Waals surface area contributed by atoms with Crippen LogP contribution in [0.25, 0.3) is 11.0 Å². The van der Waals surface area contributed by atoms with Crippen LogP contribution < -0.4 is 14.2 Å². The van der Waals surface area contributed by atoms with Gasteiger partial charge in [0, 0.05) is 6.07 Å². The molecule has 1 aromatic carbocycles. The Labute approximate surface area is 176 Å². The zero-order valence-electron chi connectivity index (χ0n) is 17.0. The number of halogens is 3. The van der Waals surface area contributed by atoms with Crippen molar-refractivity contribution in [2.75, 3.05) is 13.7 Å². The predicted molar refractivity (Wildman–Crippen MR) is 104 cm³/mol. The fourth-order valence-electron chi connectivity index (χ4n) is 3.30. The van der Waals surface area contributed by atoms with Crippen LogP contribution in [-0.2, 0) is 12.0 Å². The maximum absolute atomic E-state index is 13.2. The molecule has 0 amide bonds. The normalized spacial score (nSPS) is 16.0. The van der Waals surface area contributed by atoms with Gasteiger partial charge in [-0.1, -0.05) is 0 Å². The summed E-state index contributed by atoms with van der Waals surface area (Å²) in [5.74, 6) is 0.797. The molecule has 2 aromatic heterocycles. The predicted octanol–water partition coefficient (Wildman–Crippen LogP) is 3.99. The van der Waals surface area contributed by atoms with Crippen molar-refractivity contribution < 1.29 is 27.4 Å². The Morgan fingerprint density at radius 3 is 2.68 bits per heavy atom. The van der Waals surface area contributed by atoms with Crippen molar-refractivity contribution >= 4 is 11.0 Å². The van der Waals surface area contributed by atoms with Gasteiger partial charge in [-0.3, -0.25) is 9.55 Å². The summed E-state index contributed by atoms with van der Waals surface area (Å²) in [7, 11) is 1.49. The molecular weight excluding hydrogens is 413 g/mol. The van der Waals surface area contributed by atoms with Gasteiger partial charge in [-0.25, -0.2) is 0 Å². The average Bonchev–Trinajstić information content (AvgIpc) is 3.27. The number of imidazole rings is 1. The Bertz CT molecular complexity index is 1160. The van der Waals surface area contributed by atoms with E-state index in [9.17, 15) is 18.4 Å². The summed E-state index contributed by atoms with van der Waals surface area (Å²) in [5.41, 5.74) is -0.353. The van der Waals surface area contributed by atoms with Crippen LogP contribution in [0, 0.1) is 11.3 Å². The first-order chi connectivity index (χ1) is 14.6. The van der Waals surface area contributed by atoms with E-state index in [2.05, 4.69) is 16.0 Å². The van der Waals surface area contributed by atoms with Crippen molar-refractivity contribution in [3.63, 3.8) is 0 Å². The molecule has 31 heavy (non-hydrogen) atoms. The smallest absolute Gasteiger partial charge is 0.399 e. The molecule has 0 saturated heterocycles. The zero-order chi connectivity index (χ0) is 22.4. The lowest BCUT2D eigenvalue weighted by Gasteiger charge is -2.27. The second kappa shape index (κ2) is 7.34. The number of aromatic nitrogens is 3. The summed E-state index contributed by atoms with van der Waals surface area (Å²) in [6.45, 7) is 2.81. The van der Waals surface area contributed by atoms with E-state index in [1.807, 2.05) is 4.57 Å². The number of hydrogen-bond donors (Lipinski definition) is 0. The van der Waals surface area contributed by atoms with Crippen molar-refractivity contribution in [1.29, 1.82) is 5.26 Å². The molecule has 0 radical (unpaired) electrons. The standard InChI is InChI=1S/C21H19F3N4O3/c1-20(2,21(22,23)24)18-5-4-13(9-26-18)30-11-14-10-28-16-7-17(29-3)12(8-25)6-15(16)27-19(28)31-14/h4-7,9,14H,10-11H2,1-3H3/t14-/m0/s1. The van der Waals surface area contributed by atoms with E-state index >= 15 is 0 Å². The molecule has 1 atom stereocenters. The van der Waals surface area contributed by atoms with E-state index in [1.165, 1.54) is 25.4 Å². The molecule has 7 nitrogen and oxygen atoms in total. The second-order valence-electron chi connectivity index (χ2n) is 7.71. The van der Waals surface area contributed by atoms with Crippen LogP contribution in [0.3, 0.4) is 0 Å². The van der Waals surface area contributed by atoms with Gasteiger partial charge in [-0.15, -0.1) is 0 Å². The Kier molecular flexibility index (Phi) is 4.92. The fourth-order valence-corrected chi connectivity index (χ4v) is 3.30. The number of fused-ring (bicyclic) bond motifs is 3. The van der Waals surface area contributed by atoms with Gasteiger partial charge in [0.25, 0.3) is 6.01 Å². The van der Waals surface area contributed by atoms with Crippen LogP contribution in [0.5, 0.6) is 17.5 Å². The van der Waals surface area contributed by atoms with Crippen molar-refractivity contribution in [1.82, 2.24) is 14.5 Å². The summed E-state index contributed by atoms with van der Waals surface area (Å²) in [6.07, 6.45) is -3.46. The number of pyridine rings is 1. The summed E-state index contributed by atoms with van der Waals surface area (Å²) in [5, 5.41) is 9.20. The minimum atomic E-state index is -4.40. The summed E-state index contributed by atoms with van der Waals surface area (Å²) in [6, 6.07) is 8.63.